The third kappa shape index (κ3) is 6.59. The highest BCUT2D eigenvalue weighted by Crippen LogP contribution is 2.32. The van der Waals surface area contributed by atoms with Crippen LogP contribution >= 0.6 is 11.6 Å². The monoisotopic (exact) mass is 523 g/mol. The lowest BCUT2D eigenvalue weighted by Crippen LogP contribution is -2.32. The van der Waals surface area contributed by atoms with Crippen molar-refractivity contribution in [2.24, 2.45) is 5.41 Å². The fourth-order valence-corrected chi connectivity index (χ4v) is 5.23. The van der Waals surface area contributed by atoms with Crippen molar-refractivity contribution >= 4 is 38.9 Å². The summed E-state index contributed by atoms with van der Waals surface area (Å²) in [5.74, 6) is 1.08. The summed E-state index contributed by atoms with van der Waals surface area (Å²) in [5.41, 5.74) is 1.17. The first-order chi connectivity index (χ1) is 16.6. The van der Waals surface area contributed by atoms with E-state index < -0.39 is 15.4 Å². The number of amides is 1. The summed E-state index contributed by atoms with van der Waals surface area (Å²) >= 11 is 5.92. The molecule has 8 nitrogen and oxygen atoms in total. The van der Waals surface area contributed by atoms with Crippen molar-refractivity contribution in [3.63, 3.8) is 0 Å². The van der Waals surface area contributed by atoms with Gasteiger partial charge in [0, 0.05) is 31.2 Å². The number of methoxy groups -OCH3 is 2. The van der Waals surface area contributed by atoms with Crippen LogP contribution in [0.2, 0.25) is 0 Å². The summed E-state index contributed by atoms with van der Waals surface area (Å²) in [6, 6.07) is 10.5. The normalized spacial score (nSPS) is 14.1. The Balaban J connectivity index is 1.82. The van der Waals surface area contributed by atoms with Gasteiger partial charge in [0.25, 0.3) is 0 Å². The third-order valence-corrected chi connectivity index (χ3v) is 8.21. The molecule has 0 bridgehead atoms. The van der Waals surface area contributed by atoms with Crippen LogP contribution in [0.1, 0.15) is 32.3 Å². The van der Waals surface area contributed by atoms with Gasteiger partial charge in [0.05, 0.1) is 25.3 Å². The van der Waals surface area contributed by atoms with Gasteiger partial charge in [-0.2, -0.15) is 0 Å². The molecule has 3 rings (SSSR count). The van der Waals surface area contributed by atoms with Crippen LogP contribution in [0.25, 0.3) is 0 Å². The Bertz CT molecular complexity index is 1150. The van der Waals surface area contributed by atoms with Crippen LogP contribution in [0.5, 0.6) is 11.5 Å². The van der Waals surface area contributed by atoms with Gasteiger partial charge in [-0.05, 0) is 69.0 Å². The molecule has 1 heterocycles. The molecule has 0 saturated carbocycles. The number of sulfonamides is 1. The Labute approximate surface area is 213 Å². The second-order valence-electron chi connectivity index (χ2n) is 9.19. The molecule has 1 aliphatic heterocycles. The fourth-order valence-electron chi connectivity index (χ4n) is 3.83. The van der Waals surface area contributed by atoms with E-state index in [2.05, 4.69) is 14.9 Å². The summed E-state index contributed by atoms with van der Waals surface area (Å²) in [6.45, 7) is 5.26. The molecule has 2 N–H and O–H groups in total. The molecule has 1 fully saturated rings. The fraction of sp³-hybridized carbons (Fsp3) is 0.480. The minimum atomic E-state index is -3.85. The smallest absolute Gasteiger partial charge is 0.242 e. The summed E-state index contributed by atoms with van der Waals surface area (Å²) in [4.78, 5) is 14.8. The average Bonchev–Trinajstić information content (AvgIpc) is 3.38. The third-order valence-electron chi connectivity index (χ3n) is 6.06. The number of carbonyl (C=O) groups is 1. The molecule has 1 aliphatic rings. The number of hydrogen-bond donors (Lipinski definition) is 2. The number of alkyl halides is 1. The van der Waals surface area contributed by atoms with Crippen LogP contribution in [-0.4, -0.2) is 54.1 Å². The van der Waals surface area contributed by atoms with E-state index in [9.17, 15) is 13.2 Å². The Morgan fingerprint density at radius 2 is 1.74 bits per heavy atom. The number of nitrogens with one attached hydrogen (secondary N) is 2. The molecule has 2 aromatic carbocycles. The zero-order valence-corrected chi connectivity index (χ0v) is 22.3. The number of benzene rings is 2. The first-order valence-electron chi connectivity index (χ1n) is 11.6. The molecule has 0 unspecified atom stereocenters. The number of nitrogens with zero attached hydrogens (tertiary/aromatic N) is 1. The quantitative estimate of drug-likeness (QED) is 0.432. The average molecular weight is 524 g/mol. The van der Waals surface area contributed by atoms with Crippen LogP contribution in [0, 0.1) is 5.41 Å². The van der Waals surface area contributed by atoms with Crippen LogP contribution < -0.4 is 24.4 Å². The molecule has 10 heteroatoms. The predicted molar refractivity (Wildman–Crippen MR) is 139 cm³/mol. The molecule has 1 amide bonds. The molecule has 35 heavy (non-hydrogen) atoms. The zero-order valence-electron chi connectivity index (χ0n) is 20.7. The molecule has 0 atom stereocenters. The lowest BCUT2D eigenvalue weighted by atomic mass is 9.95. The van der Waals surface area contributed by atoms with E-state index in [4.69, 9.17) is 21.1 Å². The Morgan fingerprint density at radius 1 is 1.06 bits per heavy atom. The van der Waals surface area contributed by atoms with E-state index in [1.165, 1.54) is 6.07 Å². The standard InChI is InChI=1S/C25H34ClN3O5S/c1-25(2,17-26)24(30)28-19-8-9-20(29-13-5-6-14-29)23(16-19)35(31,32)27-12-11-18-7-10-21(33-3)22(15-18)34-4/h7-10,15-16,27H,5-6,11-14,17H2,1-4H3,(H,28,30). The van der Waals surface area contributed by atoms with Gasteiger partial charge in [0.15, 0.2) is 11.5 Å². The first kappa shape index (κ1) is 27.1. The van der Waals surface area contributed by atoms with Crippen LogP contribution in [0.15, 0.2) is 41.3 Å². The van der Waals surface area contributed by atoms with Crippen LogP contribution in [0.3, 0.4) is 0 Å². The van der Waals surface area contributed by atoms with E-state index in [1.807, 2.05) is 12.1 Å². The molecular formula is C25H34ClN3O5S. The van der Waals surface area contributed by atoms with Gasteiger partial charge in [-0.3, -0.25) is 4.79 Å². The number of anilines is 2. The van der Waals surface area contributed by atoms with Crippen molar-refractivity contribution in [2.45, 2.75) is 38.0 Å². The number of rotatable bonds is 11. The number of carbonyl (C=O) groups excluding carboxylic acids is 1. The minimum Gasteiger partial charge on any atom is -0.493 e. The van der Waals surface area contributed by atoms with E-state index in [1.54, 1.807) is 46.3 Å². The van der Waals surface area contributed by atoms with Crippen LogP contribution in [0.4, 0.5) is 11.4 Å². The van der Waals surface area contributed by atoms with Crippen molar-refractivity contribution in [2.75, 3.05) is 50.0 Å². The first-order valence-corrected chi connectivity index (χ1v) is 13.6. The Morgan fingerprint density at radius 3 is 2.37 bits per heavy atom. The molecule has 0 aromatic heterocycles. The zero-order chi connectivity index (χ0) is 25.6. The lowest BCUT2D eigenvalue weighted by Gasteiger charge is -2.24. The van der Waals surface area contributed by atoms with E-state index in [0.717, 1.165) is 31.5 Å². The van der Waals surface area contributed by atoms with E-state index >= 15 is 0 Å². The van der Waals surface area contributed by atoms with Crippen LogP contribution in [-0.2, 0) is 21.2 Å². The molecule has 0 aliphatic carbocycles. The molecule has 0 spiro atoms. The molecule has 1 saturated heterocycles. The van der Waals surface area contributed by atoms with E-state index in [-0.39, 0.29) is 23.2 Å². The number of ether oxygens (including phenoxy) is 2. The molecular weight excluding hydrogens is 490 g/mol. The SMILES string of the molecule is COc1ccc(CCNS(=O)(=O)c2cc(NC(=O)C(C)(C)CCl)ccc2N2CCCC2)cc1OC. The van der Waals surface area contributed by atoms with Gasteiger partial charge in [0.2, 0.25) is 15.9 Å². The maximum atomic E-state index is 13.4. The summed E-state index contributed by atoms with van der Waals surface area (Å²) in [7, 11) is -0.725. The van der Waals surface area contributed by atoms with Crippen molar-refractivity contribution in [1.82, 2.24) is 4.72 Å². The van der Waals surface area contributed by atoms with E-state index in [0.29, 0.717) is 29.3 Å². The van der Waals surface area contributed by atoms with Gasteiger partial charge in [-0.15, -0.1) is 11.6 Å². The summed E-state index contributed by atoms with van der Waals surface area (Å²) in [5, 5.41) is 2.81. The van der Waals surface area contributed by atoms with Gasteiger partial charge >= 0.3 is 0 Å². The predicted octanol–water partition coefficient (Wildman–Crippen LogP) is 4.03. The highest BCUT2D eigenvalue weighted by atomic mass is 35.5. The van der Waals surface area contributed by atoms with Crippen molar-refractivity contribution in [3.05, 3.63) is 42.0 Å². The lowest BCUT2D eigenvalue weighted by molar-refractivity contribution is -0.122. The van der Waals surface area contributed by atoms with Gasteiger partial charge in [0.1, 0.15) is 4.90 Å². The highest BCUT2D eigenvalue weighted by molar-refractivity contribution is 7.89. The number of halogens is 1. The second-order valence-corrected chi connectivity index (χ2v) is 11.2. The number of hydrogen-bond acceptors (Lipinski definition) is 6. The van der Waals surface area contributed by atoms with Crippen molar-refractivity contribution < 1.29 is 22.7 Å². The topological polar surface area (TPSA) is 97.0 Å². The Kier molecular flexibility index (Phi) is 8.90. The van der Waals surface area contributed by atoms with Gasteiger partial charge < -0.3 is 19.7 Å². The summed E-state index contributed by atoms with van der Waals surface area (Å²) < 4.78 is 40.1. The van der Waals surface area contributed by atoms with Crippen molar-refractivity contribution in [1.29, 1.82) is 0 Å². The minimum absolute atomic E-state index is 0.146. The van der Waals surface area contributed by atoms with Crippen molar-refractivity contribution in [3.8, 4) is 11.5 Å². The second kappa shape index (κ2) is 11.5. The maximum Gasteiger partial charge on any atom is 0.242 e. The molecule has 0 radical (unpaired) electrons. The van der Waals surface area contributed by atoms with Gasteiger partial charge in [-0.1, -0.05) is 6.07 Å². The largest absolute Gasteiger partial charge is 0.493 e. The van der Waals surface area contributed by atoms with Gasteiger partial charge in [-0.25, -0.2) is 13.1 Å². The Hall–Kier alpha value is -2.49. The summed E-state index contributed by atoms with van der Waals surface area (Å²) in [6.07, 6.45) is 2.49. The highest BCUT2D eigenvalue weighted by Gasteiger charge is 2.28. The molecule has 2 aromatic rings. The maximum absolute atomic E-state index is 13.4. The molecule has 192 valence electrons.